The van der Waals surface area contributed by atoms with Gasteiger partial charge in [-0.1, -0.05) is 56.3 Å². The number of aliphatic hydroxyl groups excluding tert-OH is 1. The minimum Gasteiger partial charge on any atom is -0.497 e. The zero-order valence-corrected chi connectivity index (χ0v) is 16.0. The summed E-state index contributed by atoms with van der Waals surface area (Å²) < 4.78 is 17.2. The molecule has 0 spiro atoms. The van der Waals surface area contributed by atoms with Gasteiger partial charge in [-0.05, 0) is 29.7 Å². The molecule has 0 aliphatic heterocycles. The predicted octanol–water partition coefficient (Wildman–Crippen LogP) is 4.21. The van der Waals surface area contributed by atoms with E-state index >= 15 is 0 Å². The second-order valence-electron chi connectivity index (χ2n) is 7.13. The van der Waals surface area contributed by atoms with Crippen LogP contribution in [0, 0.1) is 5.41 Å². The lowest BCUT2D eigenvalue weighted by atomic mass is 9.85. The highest BCUT2D eigenvalue weighted by Gasteiger charge is 2.30. The van der Waals surface area contributed by atoms with Crippen molar-refractivity contribution in [2.75, 3.05) is 20.3 Å². The number of aliphatic hydroxyl groups is 1. The largest absolute Gasteiger partial charge is 0.497 e. The van der Waals surface area contributed by atoms with Gasteiger partial charge < -0.3 is 19.3 Å². The predicted molar refractivity (Wildman–Crippen MR) is 103 cm³/mol. The zero-order valence-electron chi connectivity index (χ0n) is 16.0. The molecule has 1 atom stereocenters. The molecule has 0 aliphatic rings. The van der Waals surface area contributed by atoms with Crippen LogP contribution < -0.4 is 4.74 Å². The van der Waals surface area contributed by atoms with Gasteiger partial charge in [0.05, 0.1) is 33.0 Å². The van der Waals surface area contributed by atoms with Crippen LogP contribution in [0.15, 0.2) is 54.6 Å². The standard InChI is InChI=1S/C22H30O4/c1-22(2,17-25-15-19-9-11-20(24-3)12-10-19)21(13-14-23)26-16-18-7-5-4-6-8-18/h4-12,21,23H,13-17H2,1-3H3/t21-/m0/s1. The van der Waals surface area contributed by atoms with Crippen LogP contribution in [-0.4, -0.2) is 31.5 Å². The fraction of sp³-hybridized carbons (Fsp3) is 0.455. The van der Waals surface area contributed by atoms with E-state index in [-0.39, 0.29) is 18.1 Å². The van der Waals surface area contributed by atoms with Crippen LogP contribution in [0.3, 0.4) is 0 Å². The van der Waals surface area contributed by atoms with Gasteiger partial charge >= 0.3 is 0 Å². The third kappa shape index (κ3) is 6.45. The van der Waals surface area contributed by atoms with Crippen molar-refractivity contribution >= 4 is 0 Å². The molecule has 142 valence electrons. The first-order valence-electron chi connectivity index (χ1n) is 9.02. The molecule has 0 saturated carbocycles. The van der Waals surface area contributed by atoms with Crippen molar-refractivity contribution in [3.8, 4) is 5.75 Å². The van der Waals surface area contributed by atoms with Crippen molar-refractivity contribution in [3.63, 3.8) is 0 Å². The van der Waals surface area contributed by atoms with Gasteiger partial charge in [0.25, 0.3) is 0 Å². The van der Waals surface area contributed by atoms with Crippen LogP contribution in [0.1, 0.15) is 31.4 Å². The van der Waals surface area contributed by atoms with E-state index in [1.165, 1.54) is 0 Å². The summed E-state index contributed by atoms with van der Waals surface area (Å²) in [5, 5.41) is 9.42. The van der Waals surface area contributed by atoms with E-state index in [0.717, 1.165) is 16.9 Å². The zero-order chi connectivity index (χ0) is 18.8. The molecule has 0 unspecified atom stereocenters. The topological polar surface area (TPSA) is 47.9 Å². The van der Waals surface area contributed by atoms with E-state index in [0.29, 0.717) is 26.2 Å². The molecule has 0 fully saturated rings. The lowest BCUT2D eigenvalue weighted by molar-refractivity contribution is -0.0836. The summed E-state index contributed by atoms with van der Waals surface area (Å²) in [7, 11) is 1.66. The van der Waals surface area contributed by atoms with Crippen molar-refractivity contribution in [1.29, 1.82) is 0 Å². The summed E-state index contributed by atoms with van der Waals surface area (Å²) in [6.07, 6.45) is 0.509. The Morgan fingerprint density at radius 2 is 1.58 bits per heavy atom. The molecule has 0 radical (unpaired) electrons. The lowest BCUT2D eigenvalue weighted by Gasteiger charge is -2.34. The Labute approximate surface area is 156 Å². The number of hydrogen-bond donors (Lipinski definition) is 1. The summed E-state index contributed by atoms with van der Waals surface area (Å²) in [5.74, 6) is 0.839. The minimum atomic E-state index is -0.204. The maximum Gasteiger partial charge on any atom is 0.118 e. The fourth-order valence-electron chi connectivity index (χ4n) is 2.83. The molecule has 0 amide bonds. The van der Waals surface area contributed by atoms with Crippen molar-refractivity contribution < 1.29 is 19.3 Å². The van der Waals surface area contributed by atoms with Crippen LogP contribution in [0.4, 0.5) is 0 Å². The molecule has 2 aromatic rings. The van der Waals surface area contributed by atoms with E-state index in [1.807, 2.05) is 54.6 Å². The molecule has 0 aliphatic carbocycles. The molecule has 0 aromatic heterocycles. The minimum absolute atomic E-state index is 0.0800. The smallest absolute Gasteiger partial charge is 0.118 e. The van der Waals surface area contributed by atoms with E-state index in [1.54, 1.807) is 7.11 Å². The maximum absolute atomic E-state index is 9.42. The van der Waals surface area contributed by atoms with E-state index in [2.05, 4.69) is 13.8 Å². The Morgan fingerprint density at radius 3 is 2.19 bits per heavy atom. The summed E-state index contributed by atoms with van der Waals surface area (Å²) in [5.41, 5.74) is 2.03. The normalized spacial score (nSPS) is 12.8. The van der Waals surface area contributed by atoms with Crippen molar-refractivity contribution in [2.45, 2.75) is 39.6 Å². The van der Waals surface area contributed by atoms with Gasteiger partial charge in [0.1, 0.15) is 5.75 Å². The molecule has 2 aromatic carbocycles. The first-order chi connectivity index (χ1) is 12.5. The molecule has 4 heteroatoms. The number of ether oxygens (including phenoxy) is 3. The average Bonchev–Trinajstić information content (AvgIpc) is 2.66. The number of benzene rings is 2. The molecular formula is C22H30O4. The molecule has 26 heavy (non-hydrogen) atoms. The van der Waals surface area contributed by atoms with E-state index in [9.17, 15) is 5.11 Å². The number of rotatable bonds is 11. The van der Waals surface area contributed by atoms with E-state index in [4.69, 9.17) is 14.2 Å². The highest BCUT2D eigenvalue weighted by molar-refractivity contribution is 5.26. The molecular weight excluding hydrogens is 328 g/mol. The number of hydrogen-bond acceptors (Lipinski definition) is 4. The van der Waals surface area contributed by atoms with Crippen molar-refractivity contribution in [2.24, 2.45) is 5.41 Å². The second-order valence-corrected chi connectivity index (χ2v) is 7.13. The van der Waals surface area contributed by atoms with Gasteiger partial charge in [0.15, 0.2) is 0 Å². The summed E-state index contributed by atoms with van der Waals surface area (Å²) in [6, 6.07) is 18.0. The van der Waals surface area contributed by atoms with Gasteiger partial charge in [-0.2, -0.15) is 0 Å². The van der Waals surface area contributed by atoms with Crippen molar-refractivity contribution in [1.82, 2.24) is 0 Å². The third-order valence-corrected chi connectivity index (χ3v) is 4.46. The molecule has 0 saturated heterocycles. The monoisotopic (exact) mass is 358 g/mol. The van der Waals surface area contributed by atoms with Crippen LogP contribution in [-0.2, 0) is 22.7 Å². The highest BCUT2D eigenvalue weighted by Crippen LogP contribution is 2.28. The molecule has 0 bridgehead atoms. The Kier molecular flexibility index (Phi) is 8.10. The fourth-order valence-corrected chi connectivity index (χ4v) is 2.83. The van der Waals surface area contributed by atoms with Gasteiger partial charge in [0.2, 0.25) is 0 Å². The average molecular weight is 358 g/mol. The Balaban J connectivity index is 1.86. The number of methoxy groups -OCH3 is 1. The molecule has 4 nitrogen and oxygen atoms in total. The van der Waals surface area contributed by atoms with Gasteiger partial charge in [-0.15, -0.1) is 0 Å². The molecule has 0 heterocycles. The van der Waals surface area contributed by atoms with Gasteiger partial charge in [-0.25, -0.2) is 0 Å². The highest BCUT2D eigenvalue weighted by atomic mass is 16.5. The first kappa shape index (κ1) is 20.4. The summed E-state index contributed by atoms with van der Waals surface area (Å²) >= 11 is 0. The van der Waals surface area contributed by atoms with Crippen LogP contribution >= 0.6 is 0 Å². The quantitative estimate of drug-likeness (QED) is 0.654. The Hall–Kier alpha value is -1.88. The third-order valence-electron chi connectivity index (χ3n) is 4.46. The van der Waals surface area contributed by atoms with Gasteiger partial charge in [0, 0.05) is 12.0 Å². The Bertz CT molecular complexity index is 622. The van der Waals surface area contributed by atoms with E-state index < -0.39 is 0 Å². The van der Waals surface area contributed by atoms with Crippen LogP contribution in [0.5, 0.6) is 5.75 Å². The summed E-state index contributed by atoms with van der Waals surface area (Å²) in [4.78, 5) is 0. The molecule has 1 N–H and O–H groups in total. The second kappa shape index (κ2) is 10.3. The van der Waals surface area contributed by atoms with Crippen LogP contribution in [0.2, 0.25) is 0 Å². The van der Waals surface area contributed by atoms with Crippen molar-refractivity contribution in [3.05, 3.63) is 65.7 Å². The first-order valence-corrected chi connectivity index (χ1v) is 9.02. The molecule has 2 rings (SSSR count). The maximum atomic E-state index is 9.42. The van der Waals surface area contributed by atoms with Crippen LogP contribution in [0.25, 0.3) is 0 Å². The Morgan fingerprint density at radius 1 is 0.923 bits per heavy atom. The SMILES string of the molecule is COc1ccc(COCC(C)(C)[C@H](CCO)OCc2ccccc2)cc1. The lowest BCUT2D eigenvalue weighted by Crippen LogP contribution is -2.37. The van der Waals surface area contributed by atoms with Gasteiger partial charge in [-0.3, -0.25) is 0 Å². The summed E-state index contributed by atoms with van der Waals surface area (Å²) in [6.45, 7) is 5.96.